The molecule has 0 aliphatic carbocycles. The summed E-state index contributed by atoms with van der Waals surface area (Å²) in [6, 6.07) is 35.7. The molecule has 166 valence electrons. The first-order valence-corrected chi connectivity index (χ1v) is 10.6. The van der Waals surface area contributed by atoms with Crippen LogP contribution in [0.2, 0.25) is 0 Å². The maximum absolute atomic E-state index is 12.5. The van der Waals surface area contributed by atoms with Gasteiger partial charge in [0.25, 0.3) is 5.91 Å². The molecule has 3 N–H and O–H groups in total. The number of ether oxygens (including phenoxy) is 1. The number of nitriles is 1. The minimum absolute atomic E-state index is 0.0453. The molecule has 0 bridgehead atoms. The van der Waals surface area contributed by atoms with Gasteiger partial charge in [-0.3, -0.25) is 4.79 Å². The Kier molecular flexibility index (Phi) is 7.19. The van der Waals surface area contributed by atoms with E-state index in [0.717, 1.165) is 22.8 Å². The second-order valence-electron chi connectivity index (χ2n) is 7.28. The average Bonchev–Trinajstić information content (AvgIpc) is 2.88. The van der Waals surface area contributed by atoms with Gasteiger partial charge in [-0.15, -0.1) is 0 Å². The molecule has 0 atom stereocenters. The minimum Gasteiger partial charge on any atom is -0.457 e. The Morgan fingerprint density at radius 3 is 1.85 bits per heavy atom. The molecule has 0 saturated heterocycles. The topological polar surface area (TPSA) is 86.2 Å². The molecule has 0 heterocycles. The van der Waals surface area contributed by atoms with E-state index in [4.69, 9.17) is 4.74 Å². The first-order valence-electron chi connectivity index (χ1n) is 10.6. The highest BCUT2D eigenvalue weighted by Crippen LogP contribution is 2.23. The summed E-state index contributed by atoms with van der Waals surface area (Å²) in [4.78, 5) is 12.5. The Labute approximate surface area is 198 Å². The summed E-state index contributed by atoms with van der Waals surface area (Å²) in [6.45, 7) is 0. The van der Waals surface area contributed by atoms with Gasteiger partial charge in [0, 0.05) is 28.9 Å². The van der Waals surface area contributed by atoms with Gasteiger partial charge in [-0.1, -0.05) is 36.4 Å². The molecule has 0 radical (unpaired) electrons. The van der Waals surface area contributed by atoms with E-state index in [1.165, 1.54) is 6.20 Å². The summed E-state index contributed by atoms with van der Waals surface area (Å²) in [5.74, 6) is 0.866. The number of hydrogen-bond acceptors (Lipinski definition) is 5. The Morgan fingerprint density at radius 1 is 0.676 bits per heavy atom. The molecule has 34 heavy (non-hydrogen) atoms. The molecule has 4 rings (SSSR count). The van der Waals surface area contributed by atoms with Gasteiger partial charge in [0.1, 0.15) is 23.1 Å². The second-order valence-corrected chi connectivity index (χ2v) is 7.28. The third-order valence-corrected chi connectivity index (χ3v) is 4.79. The third-order valence-electron chi connectivity index (χ3n) is 4.79. The molecule has 0 saturated carbocycles. The summed E-state index contributed by atoms with van der Waals surface area (Å²) >= 11 is 0. The molecule has 0 aliphatic heterocycles. The average molecular weight is 447 g/mol. The number of benzene rings is 4. The molecule has 0 aromatic heterocycles. The number of rotatable bonds is 8. The van der Waals surface area contributed by atoms with Crippen LogP contribution in [0.25, 0.3) is 0 Å². The second kappa shape index (κ2) is 11.0. The maximum Gasteiger partial charge on any atom is 0.267 e. The standard InChI is InChI=1S/C28H22N4O2/c29-19-21(20-30-22-11-13-24(14-12-22)31-23-7-3-1-4-8-23)28(33)32-25-15-17-27(18-16-25)34-26-9-5-2-6-10-26/h1-18,20,30-31H,(H,32,33)/b21-20-. The molecular weight excluding hydrogens is 424 g/mol. The Morgan fingerprint density at radius 2 is 1.21 bits per heavy atom. The van der Waals surface area contributed by atoms with Crippen LogP contribution in [-0.2, 0) is 4.79 Å². The fraction of sp³-hybridized carbons (Fsp3) is 0. The lowest BCUT2D eigenvalue weighted by atomic mass is 10.2. The van der Waals surface area contributed by atoms with Crippen LogP contribution in [0.4, 0.5) is 22.7 Å². The van der Waals surface area contributed by atoms with E-state index in [9.17, 15) is 10.1 Å². The van der Waals surface area contributed by atoms with Gasteiger partial charge in [-0.2, -0.15) is 5.26 Å². The van der Waals surface area contributed by atoms with E-state index in [1.54, 1.807) is 24.3 Å². The quantitative estimate of drug-likeness (QED) is 0.208. The molecule has 6 heteroatoms. The van der Waals surface area contributed by atoms with Gasteiger partial charge in [0.05, 0.1) is 0 Å². The van der Waals surface area contributed by atoms with Crippen molar-refractivity contribution in [2.24, 2.45) is 0 Å². The third kappa shape index (κ3) is 6.25. The first-order chi connectivity index (χ1) is 16.7. The zero-order valence-electron chi connectivity index (χ0n) is 18.2. The molecule has 1 amide bonds. The number of anilines is 4. The largest absolute Gasteiger partial charge is 0.457 e. The molecule has 4 aromatic carbocycles. The summed E-state index contributed by atoms with van der Waals surface area (Å²) in [5.41, 5.74) is 3.19. The van der Waals surface area contributed by atoms with E-state index >= 15 is 0 Å². The highest BCUT2D eigenvalue weighted by atomic mass is 16.5. The van der Waals surface area contributed by atoms with Gasteiger partial charge in [0.2, 0.25) is 0 Å². The molecule has 0 fully saturated rings. The van der Waals surface area contributed by atoms with Gasteiger partial charge >= 0.3 is 0 Å². The predicted molar refractivity (Wildman–Crippen MR) is 135 cm³/mol. The number of carbonyl (C=O) groups excluding carboxylic acids is 1. The van der Waals surface area contributed by atoms with Crippen molar-refractivity contribution < 1.29 is 9.53 Å². The Hall–Kier alpha value is -5.02. The van der Waals surface area contributed by atoms with E-state index in [-0.39, 0.29) is 5.57 Å². The molecule has 4 aromatic rings. The lowest BCUT2D eigenvalue weighted by molar-refractivity contribution is -0.112. The van der Waals surface area contributed by atoms with Crippen molar-refractivity contribution in [2.45, 2.75) is 0 Å². The Bertz CT molecular complexity index is 1290. The molecule has 0 aliphatic rings. The van der Waals surface area contributed by atoms with Crippen LogP contribution in [0.1, 0.15) is 0 Å². The van der Waals surface area contributed by atoms with Crippen molar-refractivity contribution >= 4 is 28.7 Å². The molecule has 0 spiro atoms. The van der Waals surface area contributed by atoms with Crippen LogP contribution in [0.3, 0.4) is 0 Å². The highest BCUT2D eigenvalue weighted by molar-refractivity contribution is 6.06. The summed E-state index contributed by atoms with van der Waals surface area (Å²) < 4.78 is 5.75. The van der Waals surface area contributed by atoms with Gasteiger partial charge in [-0.25, -0.2) is 0 Å². The molecular formula is C28H22N4O2. The van der Waals surface area contributed by atoms with Crippen molar-refractivity contribution in [2.75, 3.05) is 16.0 Å². The van der Waals surface area contributed by atoms with E-state index in [0.29, 0.717) is 11.4 Å². The van der Waals surface area contributed by atoms with Crippen LogP contribution in [0, 0.1) is 11.3 Å². The number of hydrogen-bond donors (Lipinski definition) is 3. The summed E-state index contributed by atoms with van der Waals surface area (Å²) in [7, 11) is 0. The van der Waals surface area contributed by atoms with Crippen LogP contribution >= 0.6 is 0 Å². The van der Waals surface area contributed by atoms with Gasteiger partial charge in [-0.05, 0) is 72.8 Å². The lowest BCUT2D eigenvalue weighted by Crippen LogP contribution is -2.14. The van der Waals surface area contributed by atoms with E-state index < -0.39 is 5.91 Å². The lowest BCUT2D eigenvalue weighted by Gasteiger charge is -2.09. The summed E-state index contributed by atoms with van der Waals surface area (Å²) in [5, 5.41) is 18.4. The smallest absolute Gasteiger partial charge is 0.267 e. The Balaban J connectivity index is 1.33. The highest BCUT2D eigenvalue weighted by Gasteiger charge is 2.09. The number of nitrogens with one attached hydrogen (secondary N) is 3. The van der Waals surface area contributed by atoms with Crippen LogP contribution in [0.5, 0.6) is 11.5 Å². The first kappa shape index (κ1) is 22.2. The van der Waals surface area contributed by atoms with Crippen molar-refractivity contribution in [3.63, 3.8) is 0 Å². The zero-order valence-corrected chi connectivity index (χ0v) is 18.2. The monoisotopic (exact) mass is 446 g/mol. The number of para-hydroxylation sites is 2. The summed E-state index contributed by atoms with van der Waals surface area (Å²) in [6.07, 6.45) is 1.39. The van der Waals surface area contributed by atoms with E-state index in [2.05, 4.69) is 16.0 Å². The van der Waals surface area contributed by atoms with Crippen molar-refractivity contribution in [1.82, 2.24) is 0 Å². The SMILES string of the molecule is N#C/C(=C/Nc1ccc(Nc2ccccc2)cc1)C(=O)Nc1ccc(Oc2ccccc2)cc1. The van der Waals surface area contributed by atoms with Crippen LogP contribution < -0.4 is 20.7 Å². The van der Waals surface area contributed by atoms with Gasteiger partial charge in [0.15, 0.2) is 0 Å². The fourth-order valence-corrected chi connectivity index (χ4v) is 3.07. The van der Waals surface area contributed by atoms with Crippen LogP contribution in [0.15, 0.2) is 121 Å². The number of nitrogens with zero attached hydrogens (tertiary/aromatic N) is 1. The fourth-order valence-electron chi connectivity index (χ4n) is 3.07. The van der Waals surface area contributed by atoms with Crippen molar-refractivity contribution in [1.29, 1.82) is 5.26 Å². The zero-order chi connectivity index (χ0) is 23.6. The van der Waals surface area contributed by atoms with Gasteiger partial charge < -0.3 is 20.7 Å². The minimum atomic E-state index is -0.505. The molecule has 6 nitrogen and oxygen atoms in total. The van der Waals surface area contributed by atoms with Crippen LogP contribution in [-0.4, -0.2) is 5.91 Å². The van der Waals surface area contributed by atoms with Crippen molar-refractivity contribution in [3.05, 3.63) is 121 Å². The van der Waals surface area contributed by atoms with Crippen molar-refractivity contribution in [3.8, 4) is 17.6 Å². The number of carbonyl (C=O) groups is 1. The predicted octanol–water partition coefficient (Wildman–Crippen LogP) is 6.68. The molecule has 0 unspecified atom stereocenters. The van der Waals surface area contributed by atoms with E-state index in [1.807, 2.05) is 91.0 Å². The number of amides is 1. The maximum atomic E-state index is 12.5. The normalized spacial score (nSPS) is 10.6.